The van der Waals surface area contributed by atoms with Gasteiger partial charge in [-0.15, -0.1) is 0 Å². The Morgan fingerprint density at radius 2 is 1.86 bits per heavy atom. The van der Waals surface area contributed by atoms with Gasteiger partial charge in [0.2, 0.25) is 5.75 Å². The van der Waals surface area contributed by atoms with E-state index in [1.807, 2.05) is 13.8 Å². The number of amides is 1. The summed E-state index contributed by atoms with van der Waals surface area (Å²) in [5, 5.41) is 6.83. The third-order valence-electron chi connectivity index (χ3n) is 4.57. The lowest BCUT2D eigenvalue weighted by Crippen LogP contribution is -2.34. The maximum atomic E-state index is 12.9. The summed E-state index contributed by atoms with van der Waals surface area (Å²) in [6, 6.07) is 3.41. The Bertz CT molecular complexity index is 866. The van der Waals surface area contributed by atoms with Gasteiger partial charge in [0.1, 0.15) is 11.7 Å². The molecule has 1 aliphatic rings. The fraction of sp³-hybridized carbons (Fsp3) is 0.500. The van der Waals surface area contributed by atoms with Crippen LogP contribution in [0.4, 0.5) is 0 Å². The second kappa shape index (κ2) is 8.30. The molecule has 1 amide bonds. The van der Waals surface area contributed by atoms with Gasteiger partial charge in [-0.25, -0.2) is 0 Å². The minimum atomic E-state index is -0.649. The van der Waals surface area contributed by atoms with Crippen molar-refractivity contribution >= 4 is 5.91 Å². The fourth-order valence-corrected chi connectivity index (χ4v) is 3.20. The first-order valence-corrected chi connectivity index (χ1v) is 9.16. The first-order valence-electron chi connectivity index (χ1n) is 9.16. The van der Waals surface area contributed by atoms with Crippen LogP contribution >= 0.6 is 0 Å². The molecule has 0 aliphatic carbocycles. The van der Waals surface area contributed by atoms with Crippen LogP contribution in [0.1, 0.15) is 29.9 Å². The molecule has 1 aliphatic heterocycles. The normalized spacial score (nSPS) is 17.8. The molecule has 9 heteroatoms. The summed E-state index contributed by atoms with van der Waals surface area (Å²) in [4.78, 5) is 12.9. The molecule has 1 saturated heterocycles. The van der Waals surface area contributed by atoms with Gasteiger partial charge in [-0.1, -0.05) is 5.16 Å². The smallest absolute Gasteiger partial charge is 0.257 e. The number of carbonyl (C=O) groups is 1. The van der Waals surface area contributed by atoms with Gasteiger partial charge < -0.3 is 33.5 Å². The highest BCUT2D eigenvalue weighted by Crippen LogP contribution is 2.42. The monoisotopic (exact) mass is 406 g/mol. The van der Waals surface area contributed by atoms with Crippen LogP contribution in [0.3, 0.4) is 0 Å². The van der Waals surface area contributed by atoms with Crippen molar-refractivity contribution in [1.29, 1.82) is 0 Å². The molecule has 0 radical (unpaired) electrons. The summed E-state index contributed by atoms with van der Waals surface area (Å²) in [7, 11) is 4.56. The van der Waals surface area contributed by atoms with Crippen LogP contribution < -0.4 is 19.5 Å². The van der Waals surface area contributed by atoms with Crippen LogP contribution in [0.2, 0.25) is 0 Å². The van der Waals surface area contributed by atoms with Gasteiger partial charge in [-0.2, -0.15) is 0 Å². The Balaban J connectivity index is 1.87. The molecule has 1 fully saturated rings. The number of rotatable bonds is 7. The van der Waals surface area contributed by atoms with Crippen LogP contribution in [-0.2, 0) is 9.47 Å². The zero-order chi connectivity index (χ0) is 21.2. The molecule has 1 atom stereocenters. The van der Waals surface area contributed by atoms with E-state index in [2.05, 4.69) is 10.5 Å². The lowest BCUT2D eigenvalue weighted by Gasteiger charge is -2.17. The number of nitrogens with zero attached hydrogens (tertiary/aromatic N) is 1. The van der Waals surface area contributed by atoms with Gasteiger partial charge in [-0.05, 0) is 32.9 Å². The molecule has 9 nitrogen and oxygen atoms in total. The summed E-state index contributed by atoms with van der Waals surface area (Å²) in [5.41, 5.74) is 1.37. The van der Waals surface area contributed by atoms with Crippen molar-refractivity contribution in [3.8, 4) is 28.6 Å². The molecule has 0 saturated carbocycles. The van der Waals surface area contributed by atoms with Gasteiger partial charge in [-0.3, -0.25) is 4.79 Å². The Labute approximate surface area is 169 Å². The van der Waals surface area contributed by atoms with Crippen LogP contribution in [-0.4, -0.2) is 57.4 Å². The van der Waals surface area contributed by atoms with Gasteiger partial charge in [0.15, 0.2) is 23.0 Å². The molecule has 0 unspecified atom stereocenters. The molecule has 2 heterocycles. The Kier molecular flexibility index (Phi) is 5.99. The van der Waals surface area contributed by atoms with Gasteiger partial charge >= 0.3 is 0 Å². The van der Waals surface area contributed by atoms with E-state index in [1.54, 1.807) is 19.1 Å². The molecule has 2 aromatic rings. The number of ether oxygens (including phenoxy) is 5. The maximum Gasteiger partial charge on any atom is 0.257 e. The number of benzene rings is 1. The zero-order valence-electron chi connectivity index (χ0n) is 17.5. The lowest BCUT2D eigenvalue weighted by molar-refractivity contribution is -0.137. The number of aromatic nitrogens is 1. The Morgan fingerprint density at radius 1 is 1.21 bits per heavy atom. The third-order valence-corrected chi connectivity index (χ3v) is 4.57. The largest absolute Gasteiger partial charge is 0.493 e. The van der Waals surface area contributed by atoms with E-state index < -0.39 is 5.79 Å². The number of carbonyl (C=O) groups excluding carboxylic acids is 1. The van der Waals surface area contributed by atoms with Crippen molar-refractivity contribution in [2.75, 3.05) is 34.5 Å². The molecule has 0 bridgehead atoms. The van der Waals surface area contributed by atoms with Gasteiger partial charge in [0, 0.05) is 12.1 Å². The molecule has 3 rings (SSSR count). The predicted molar refractivity (Wildman–Crippen MR) is 104 cm³/mol. The van der Waals surface area contributed by atoms with E-state index in [4.69, 9.17) is 28.2 Å². The minimum Gasteiger partial charge on any atom is -0.493 e. The zero-order valence-corrected chi connectivity index (χ0v) is 17.5. The number of nitrogens with one attached hydrogen (secondary N) is 1. The van der Waals surface area contributed by atoms with Crippen LogP contribution in [0.15, 0.2) is 16.7 Å². The summed E-state index contributed by atoms with van der Waals surface area (Å²) in [6.45, 7) is 6.10. The topological polar surface area (TPSA) is 101 Å². The van der Waals surface area contributed by atoms with E-state index in [1.165, 1.54) is 21.3 Å². The molecule has 1 aromatic carbocycles. The van der Waals surface area contributed by atoms with E-state index in [0.29, 0.717) is 53.0 Å². The third kappa shape index (κ3) is 4.30. The summed E-state index contributed by atoms with van der Waals surface area (Å²) in [6.07, 6.45) is -0.223. The molecule has 0 spiro atoms. The molecule has 29 heavy (non-hydrogen) atoms. The quantitative estimate of drug-likeness (QED) is 0.749. The van der Waals surface area contributed by atoms with E-state index >= 15 is 0 Å². The highest BCUT2D eigenvalue weighted by Gasteiger charge is 2.33. The predicted octanol–water partition coefficient (Wildman–Crippen LogP) is 2.56. The van der Waals surface area contributed by atoms with Gasteiger partial charge in [0.25, 0.3) is 5.91 Å². The van der Waals surface area contributed by atoms with E-state index in [-0.39, 0.29) is 12.0 Å². The van der Waals surface area contributed by atoms with Crippen molar-refractivity contribution < 1.29 is 33.0 Å². The first-order chi connectivity index (χ1) is 13.8. The molecular formula is C20H26N2O7. The fourth-order valence-electron chi connectivity index (χ4n) is 3.20. The SMILES string of the molecule is COc1cc(-c2onc(C)c2C(=O)NC[C@@H]2COC(C)(C)O2)cc(OC)c1OC. The number of hydrogen-bond donors (Lipinski definition) is 1. The number of aryl methyl sites for hydroxylation is 1. The molecular weight excluding hydrogens is 380 g/mol. The first kappa shape index (κ1) is 20.9. The standard InChI is InChI=1S/C20H26N2O7/c1-11-16(19(23)21-9-13-10-27-20(2,3)28-13)17(29-22-11)12-7-14(24-4)18(26-6)15(8-12)25-5/h7-8,13H,9-10H2,1-6H3,(H,21,23)/t13-/m1/s1. The maximum absolute atomic E-state index is 12.9. The average Bonchev–Trinajstić information content (AvgIpc) is 3.26. The Hall–Kier alpha value is -2.78. The average molecular weight is 406 g/mol. The van der Waals surface area contributed by atoms with Crippen LogP contribution in [0.5, 0.6) is 17.2 Å². The second-order valence-electron chi connectivity index (χ2n) is 7.05. The lowest BCUT2D eigenvalue weighted by atomic mass is 10.0. The van der Waals surface area contributed by atoms with Crippen molar-refractivity contribution in [3.63, 3.8) is 0 Å². The molecule has 1 aromatic heterocycles. The summed E-state index contributed by atoms with van der Waals surface area (Å²) >= 11 is 0. The van der Waals surface area contributed by atoms with Crippen molar-refractivity contribution in [2.24, 2.45) is 0 Å². The minimum absolute atomic E-state index is 0.223. The number of hydrogen-bond acceptors (Lipinski definition) is 8. The molecule has 158 valence electrons. The van der Waals surface area contributed by atoms with E-state index in [0.717, 1.165) is 0 Å². The Morgan fingerprint density at radius 3 is 2.38 bits per heavy atom. The van der Waals surface area contributed by atoms with Crippen LogP contribution in [0, 0.1) is 6.92 Å². The summed E-state index contributed by atoms with van der Waals surface area (Å²) in [5.74, 6) is 0.678. The highest BCUT2D eigenvalue weighted by molar-refractivity contribution is 6.00. The molecule has 1 N–H and O–H groups in total. The highest BCUT2D eigenvalue weighted by atomic mass is 16.7. The van der Waals surface area contributed by atoms with E-state index in [9.17, 15) is 4.79 Å². The summed E-state index contributed by atoms with van der Waals surface area (Å²) < 4.78 is 32.8. The van der Waals surface area contributed by atoms with Gasteiger partial charge in [0.05, 0.1) is 33.6 Å². The van der Waals surface area contributed by atoms with Crippen LogP contribution in [0.25, 0.3) is 11.3 Å². The number of methoxy groups -OCH3 is 3. The van der Waals surface area contributed by atoms with Crippen molar-refractivity contribution in [3.05, 3.63) is 23.4 Å². The van der Waals surface area contributed by atoms with Crippen molar-refractivity contribution in [1.82, 2.24) is 10.5 Å². The second-order valence-corrected chi connectivity index (χ2v) is 7.05. The van der Waals surface area contributed by atoms with Crippen molar-refractivity contribution in [2.45, 2.75) is 32.7 Å².